The Morgan fingerprint density at radius 3 is 2.78 bits per heavy atom. The Kier molecular flexibility index (Phi) is 3.18. The standard InChI is InChI=1S/C12H13N3O3/c13-12(18)15-10(11(16)17)5-7-6-14-9-4-2-1-3-8(7)9/h1-4,6,10,14H,5H2,(H,16,17)(H3,13,15,18)/t10-/m0/s1. The van der Waals surface area contributed by atoms with Crippen LogP contribution in [0.15, 0.2) is 30.5 Å². The van der Waals surface area contributed by atoms with Gasteiger partial charge in [-0.1, -0.05) is 18.2 Å². The van der Waals surface area contributed by atoms with E-state index in [2.05, 4.69) is 10.3 Å². The monoisotopic (exact) mass is 247 g/mol. The SMILES string of the molecule is NC(=O)N[C@@H](Cc1c[nH]c2ccccc12)C(=O)O. The molecule has 2 aromatic rings. The third-order valence-electron chi connectivity index (χ3n) is 2.71. The molecule has 18 heavy (non-hydrogen) atoms. The highest BCUT2D eigenvalue weighted by molar-refractivity contribution is 5.85. The summed E-state index contributed by atoms with van der Waals surface area (Å²) in [4.78, 5) is 24.8. The molecule has 1 aromatic heterocycles. The minimum absolute atomic E-state index is 0.183. The molecule has 0 spiro atoms. The van der Waals surface area contributed by atoms with Gasteiger partial charge in [-0.2, -0.15) is 0 Å². The summed E-state index contributed by atoms with van der Waals surface area (Å²) in [6.07, 6.45) is 1.92. The molecule has 0 aliphatic rings. The minimum Gasteiger partial charge on any atom is -0.480 e. The minimum atomic E-state index is -1.11. The Hall–Kier alpha value is -2.50. The number of urea groups is 1. The fourth-order valence-corrected chi connectivity index (χ4v) is 1.89. The number of primary amides is 1. The van der Waals surface area contributed by atoms with Gasteiger partial charge in [0.15, 0.2) is 0 Å². The van der Waals surface area contributed by atoms with Crippen LogP contribution < -0.4 is 11.1 Å². The van der Waals surface area contributed by atoms with E-state index in [0.29, 0.717) is 0 Å². The van der Waals surface area contributed by atoms with Gasteiger partial charge in [-0.25, -0.2) is 9.59 Å². The lowest BCUT2D eigenvalue weighted by Gasteiger charge is -2.12. The van der Waals surface area contributed by atoms with Gasteiger partial charge in [0, 0.05) is 23.5 Å². The second kappa shape index (κ2) is 4.79. The zero-order valence-electron chi connectivity index (χ0n) is 9.51. The quantitative estimate of drug-likeness (QED) is 0.642. The highest BCUT2D eigenvalue weighted by atomic mass is 16.4. The number of carboxylic acids is 1. The molecule has 0 unspecified atom stereocenters. The zero-order chi connectivity index (χ0) is 13.1. The Morgan fingerprint density at radius 2 is 2.11 bits per heavy atom. The molecule has 5 N–H and O–H groups in total. The summed E-state index contributed by atoms with van der Waals surface area (Å²) in [7, 11) is 0. The van der Waals surface area contributed by atoms with Gasteiger partial charge in [-0.15, -0.1) is 0 Å². The Bertz CT molecular complexity index is 591. The Morgan fingerprint density at radius 1 is 1.39 bits per heavy atom. The highest BCUT2D eigenvalue weighted by Gasteiger charge is 2.20. The van der Waals surface area contributed by atoms with Crippen LogP contribution in [0.4, 0.5) is 4.79 Å². The summed E-state index contributed by atoms with van der Waals surface area (Å²) < 4.78 is 0. The second-order valence-electron chi connectivity index (χ2n) is 3.96. The first-order valence-electron chi connectivity index (χ1n) is 5.41. The summed E-state index contributed by atoms with van der Waals surface area (Å²) in [6, 6.07) is 5.68. The van der Waals surface area contributed by atoms with E-state index in [1.54, 1.807) is 6.20 Å². The number of para-hydroxylation sites is 1. The van der Waals surface area contributed by atoms with Crippen LogP contribution in [0.25, 0.3) is 10.9 Å². The number of nitrogens with two attached hydrogens (primary N) is 1. The normalized spacial score (nSPS) is 12.2. The van der Waals surface area contributed by atoms with Crippen molar-refractivity contribution < 1.29 is 14.7 Å². The topological polar surface area (TPSA) is 108 Å². The van der Waals surface area contributed by atoms with E-state index in [9.17, 15) is 9.59 Å². The molecule has 1 aromatic carbocycles. The number of carbonyl (C=O) groups excluding carboxylic acids is 1. The molecule has 2 rings (SSSR count). The maximum atomic E-state index is 11.0. The van der Waals surface area contributed by atoms with E-state index >= 15 is 0 Å². The molecule has 1 atom stereocenters. The zero-order valence-corrected chi connectivity index (χ0v) is 9.51. The number of aromatic nitrogens is 1. The Labute approximate surface area is 103 Å². The van der Waals surface area contributed by atoms with E-state index in [1.807, 2.05) is 24.3 Å². The largest absolute Gasteiger partial charge is 0.480 e. The van der Waals surface area contributed by atoms with Crippen molar-refractivity contribution in [2.75, 3.05) is 0 Å². The van der Waals surface area contributed by atoms with Crippen LogP contribution >= 0.6 is 0 Å². The van der Waals surface area contributed by atoms with Crippen molar-refractivity contribution in [1.82, 2.24) is 10.3 Å². The number of H-pyrrole nitrogens is 1. The number of benzene rings is 1. The van der Waals surface area contributed by atoms with Crippen LogP contribution in [-0.4, -0.2) is 28.1 Å². The molecular formula is C12H13N3O3. The molecule has 0 saturated heterocycles. The van der Waals surface area contributed by atoms with Crippen molar-refractivity contribution in [2.24, 2.45) is 5.73 Å². The van der Waals surface area contributed by atoms with Gasteiger partial charge in [-0.3, -0.25) is 0 Å². The van der Waals surface area contributed by atoms with Gasteiger partial charge in [0.25, 0.3) is 0 Å². The predicted octanol–water partition coefficient (Wildman–Crippen LogP) is 0.832. The maximum Gasteiger partial charge on any atom is 0.326 e. The third kappa shape index (κ3) is 2.42. The van der Waals surface area contributed by atoms with Gasteiger partial charge < -0.3 is 21.1 Å². The first-order chi connectivity index (χ1) is 8.58. The molecular weight excluding hydrogens is 234 g/mol. The van der Waals surface area contributed by atoms with Crippen LogP contribution in [0.2, 0.25) is 0 Å². The molecule has 2 amide bonds. The number of carbonyl (C=O) groups is 2. The van der Waals surface area contributed by atoms with Crippen molar-refractivity contribution in [2.45, 2.75) is 12.5 Å². The van der Waals surface area contributed by atoms with Crippen LogP contribution in [-0.2, 0) is 11.2 Å². The van der Waals surface area contributed by atoms with E-state index in [1.165, 1.54) is 0 Å². The van der Waals surface area contributed by atoms with Crippen molar-refractivity contribution in [3.8, 4) is 0 Å². The number of rotatable bonds is 4. The highest BCUT2D eigenvalue weighted by Crippen LogP contribution is 2.19. The number of aliphatic carboxylic acids is 1. The van der Waals surface area contributed by atoms with Gasteiger partial charge in [0.05, 0.1) is 0 Å². The molecule has 0 fully saturated rings. The van der Waals surface area contributed by atoms with Crippen molar-refractivity contribution in [3.63, 3.8) is 0 Å². The van der Waals surface area contributed by atoms with E-state index < -0.39 is 18.0 Å². The van der Waals surface area contributed by atoms with Gasteiger partial charge >= 0.3 is 12.0 Å². The third-order valence-corrected chi connectivity index (χ3v) is 2.71. The molecule has 1 heterocycles. The van der Waals surface area contributed by atoms with Crippen LogP contribution in [0.1, 0.15) is 5.56 Å². The second-order valence-corrected chi connectivity index (χ2v) is 3.96. The average Bonchev–Trinajstić information content (AvgIpc) is 2.71. The van der Waals surface area contributed by atoms with Crippen LogP contribution in [0.5, 0.6) is 0 Å². The van der Waals surface area contributed by atoms with E-state index in [0.717, 1.165) is 16.5 Å². The summed E-state index contributed by atoms with van der Waals surface area (Å²) in [5, 5.41) is 12.2. The van der Waals surface area contributed by atoms with E-state index in [-0.39, 0.29) is 6.42 Å². The van der Waals surface area contributed by atoms with Gasteiger partial charge in [0.2, 0.25) is 0 Å². The lowest BCUT2D eigenvalue weighted by atomic mass is 10.1. The molecule has 94 valence electrons. The summed E-state index contributed by atoms with van der Waals surface area (Å²) in [5.74, 6) is -1.11. The fraction of sp³-hybridized carbons (Fsp3) is 0.167. The summed E-state index contributed by atoms with van der Waals surface area (Å²) in [6.45, 7) is 0. The van der Waals surface area contributed by atoms with Gasteiger partial charge in [0.1, 0.15) is 6.04 Å². The Balaban J connectivity index is 2.26. The van der Waals surface area contributed by atoms with Crippen molar-refractivity contribution in [3.05, 3.63) is 36.0 Å². The number of carboxylic acid groups (broad SMARTS) is 1. The number of fused-ring (bicyclic) bond motifs is 1. The first-order valence-corrected chi connectivity index (χ1v) is 5.41. The molecule has 0 radical (unpaired) electrons. The van der Waals surface area contributed by atoms with E-state index in [4.69, 9.17) is 10.8 Å². The molecule has 6 heteroatoms. The predicted molar refractivity (Wildman–Crippen MR) is 66.1 cm³/mol. The van der Waals surface area contributed by atoms with Crippen LogP contribution in [0, 0.1) is 0 Å². The number of hydrogen-bond acceptors (Lipinski definition) is 2. The lowest BCUT2D eigenvalue weighted by Crippen LogP contribution is -2.44. The molecule has 0 aliphatic heterocycles. The van der Waals surface area contributed by atoms with Crippen molar-refractivity contribution >= 4 is 22.9 Å². The van der Waals surface area contributed by atoms with Crippen LogP contribution in [0.3, 0.4) is 0 Å². The molecule has 0 aliphatic carbocycles. The van der Waals surface area contributed by atoms with Gasteiger partial charge in [-0.05, 0) is 11.6 Å². The summed E-state index contributed by atoms with van der Waals surface area (Å²) >= 11 is 0. The van der Waals surface area contributed by atoms with Crippen molar-refractivity contribution in [1.29, 1.82) is 0 Å². The lowest BCUT2D eigenvalue weighted by molar-refractivity contribution is -0.139. The average molecular weight is 247 g/mol. The smallest absolute Gasteiger partial charge is 0.326 e. The number of amides is 2. The first kappa shape index (κ1) is 12.0. The number of hydrogen-bond donors (Lipinski definition) is 4. The number of nitrogens with one attached hydrogen (secondary N) is 2. The molecule has 6 nitrogen and oxygen atoms in total. The molecule has 0 saturated carbocycles. The number of aromatic amines is 1. The maximum absolute atomic E-state index is 11.0. The molecule has 0 bridgehead atoms. The summed E-state index contributed by atoms with van der Waals surface area (Å²) in [5.41, 5.74) is 6.70. The fourth-order valence-electron chi connectivity index (χ4n) is 1.89.